The van der Waals surface area contributed by atoms with Crippen LogP contribution in [0.15, 0.2) is 46.7 Å². The van der Waals surface area contributed by atoms with Crippen molar-refractivity contribution in [3.8, 4) is 0 Å². The maximum Gasteiger partial charge on any atom is 0.231 e. The predicted molar refractivity (Wildman–Crippen MR) is 103 cm³/mol. The maximum atomic E-state index is 12.9. The van der Waals surface area contributed by atoms with Gasteiger partial charge in [0.2, 0.25) is 5.91 Å². The van der Waals surface area contributed by atoms with Crippen LogP contribution in [0.3, 0.4) is 0 Å². The smallest absolute Gasteiger partial charge is 0.231 e. The van der Waals surface area contributed by atoms with Crippen molar-refractivity contribution in [2.45, 2.75) is 36.7 Å². The SMILES string of the molecule is Cc1nn(C)c(C)c1C(C)C(=O)Nc1ccccc1Sc1nccn1C. The lowest BCUT2D eigenvalue weighted by Crippen LogP contribution is -2.20. The Balaban J connectivity index is 1.82. The number of carbonyl (C=O) groups excluding carboxylic acids is 1. The number of para-hydroxylation sites is 1. The summed E-state index contributed by atoms with van der Waals surface area (Å²) in [5, 5.41) is 8.36. The van der Waals surface area contributed by atoms with Gasteiger partial charge in [0.05, 0.1) is 17.3 Å². The van der Waals surface area contributed by atoms with Gasteiger partial charge in [0, 0.05) is 42.6 Å². The van der Waals surface area contributed by atoms with Crippen LogP contribution in [0.25, 0.3) is 0 Å². The van der Waals surface area contributed by atoms with E-state index in [0.717, 1.165) is 32.7 Å². The van der Waals surface area contributed by atoms with E-state index in [1.165, 1.54) is 11.8 Å². The van der Waals surface area contributed by atoms with Crippen LogP contribution in [-0.2, 0) is 18.9 Å². The van der Waals surface area contributed by atoms with Gasteiger partial charge in [-0.2, -0.15) is 5.10 Å². The number of nitrogens with one attached hydrogen (secondary N) is 1. The first-order chi connectivity index (χ1) is 12.4. The minimum Gasteiger partial charge on any atom is -0.329 e. The third kappa shape index (κ3) is 3.53. The summed E-state index contributed by atoms with van der Waals surface area (Å²) in [6, 6.07) is 7.78. The molecule has 3 rings (SSSR count). The van der Waals surface area contributed by atoms with Crippen LogP contribution in [0.2, 0.25) is 0 Å². The Morgan fingerprint density at radius 3 is 2.58 bits per heavy atom. The van der Waals surface area contributed by atoms with E-state index in [9.17, 15) is 4.79 Å². The maximum absolute atomic E-state index is 12.9. The lowest BCUT2D eigenvalue weighted by molar-refractivity contribution is -0.117. The number of hydrogen-bond donors (Lipinski definition) is 1. The number of carbonyl (C=O) groups is 1. The molecule has 2 aromatic heterocycles. The number of anilines is 1. The number of nitrogens with zero attached hydrogens (tertiary/aromatic N) is 4. The molecule has 2 heterocycles. The Kier molecular flexibility index (Phi) is 5.18. The molecule has 1 amide bonds. The van der Waals surface area contributed by atoms with Crippen LogP contribution < -0.4 is 5.32 Å². The van der Waals surface area contributed by atoms with E-state index in [-0.39, 0.29) is 11.8 Å². The van der Waals surface area contributed by atoms with E-state index < -0.39 is 0 Å². The number of benzene rings is 1. The fourth-order valence-corrected chi connectivity index (χ4v) is 3.89. The average Bonchev–Trinajstić information content (AvgIpc) is 3.11. The van der Waals surface area contributed by atoms with Crippen LogP contribution in [0.5, 0.6) is 0 Å². The molecule has 0 fully saturated rings. The summed E-state index contributed by atoms with van der Waals surface area (Å²) in [6.45, 7) is 5.85. The van der Waals surface area contributed by atoms with Crippen LogP contribution in [-0.4, -0.2) is 25.2 Å². The van der Waals surface area contributed by atoms with Crippen LogP contribution >= 0.6 is 11.8 Å². The highest BCUT2D eigenvalue weighted by atomic mass is 32.2. The van der Waals surface area contributed by atoms with E-state index >= 15 is 0 Å². The molecule has 6 nitrogen and oxygen atoms in total. The molecule has 0 saturated heterocycles. The Morgan fingerprint density at radius 1 is 1.23 bits per heavy atom. The van der Waals surface area contributed by atoms with Gasteiger partial charge in [0.15, 0.2) is 5.16 Å². The summed E-state index contributed by atoms with van der Waals surface area (Å²) in [6.07, 6.45) is 3.67. The second-order valence-corrected chi connectivity index (χ2v) is 7.35. The predicted octanol–water partition coefficient (Wildman–Crippen LogP) is 3.66. The van der Waals surface area contributed by atoms with Crippen molar-refractivity contribution in [1.29, 1.82) is 0 Å². The summed E-state index contributed by atoms with van der Waals surface area (Å²) >= 11 is 1.53. The molecule has 0 saturated carbocycles. The van der Waals surface area contributed by atoms with Crippen molar-refractivity contribution in [1.82, 2.24) is 19.3 Å². The van der Waals surface area contributed by atoms with Gasteiger partial charge in [0.1, 0.15) is 0 Å². The number of amides is 1. The van der Waals surface area contributed by atoms with Crippen LogP contribution in [0, 0.1) is 13.8 Å². The molecule has 3 aromatic rings. The van der Waals surface area contributed by atoms with Crippen LogP contribution in [0.4, 0.5) is 5.69 Å². The van der Waals surface area contributed by atoms with Crippen molar-refractivity contribution in [3.63, 3.8) is 0 Å². The first-order valence-corrected chi connectivity index (χ1v) is 9.25. The quantitative estimate of drug-likeness (QED) is 0.745. The molecule has 1 atom stereocenters. The standard InChI is InChI=1S/C19H23N5OS/c1-12(17-13(2)22-24(5)14(17)3)18(25)21-15-8-6-7-9-16(15)26-19-20-10-11-23(19)4/h6-12H,1-5H3,(H,21,25). The minimum atomic E-state index is -0.282. The highest BCUT2D eigenvalue weighted by Gasteiger charge is 2.23. The van der Waals surface area contributed by atoms with Gasteiger partial charge in [-0.1, -0.05) is 12.1 Å². The monoisotopic (exact) mass is 369 g/mol. The second-order valence-electron chi connectivity index (χ2n) is 6.34. The Hall–Kier alpha value is -2.54. The van der Waals surface area contributed by atoms with Crippen molar-refractivity contribution in [2.24, 2.45) is 14.1 Å². The van der Waals surface area contributed by atoms with Gasteiger partial charge in [-0.05, 0) is 44.7 Å². The van der Waals surface area contributed by atoms with E-state index in [4.69, 9.17) is 0 Å². The molecule has 0 aliphatic rings. The first kappa shape index (κ1) is 18.3. The molecule has 0 aliphatic heterocycles. The fourth-order valence-electron chi connectivity index (χ4n) is 3.00. The second kappa shape index (κ2) is 7.37. The molecule has 0 aliphatic carbocycles. The average molecular weight is 369 g/mol. The van der Waals surface area contributed by atoms with Gasteiger partial charge in [-0.15, -0.1) is 0 Å². The Labute approximate surface area is 157 Å². The summed E-state index contributed by atoms with van der Waals surface area (Å²) in [5.74, 6) is -0.327. The largest absolute Gasteiger partial charge is 0.329 e. The molecule has 1 aromatic carbocycles. The summed E-state index contributed by atoms with van der Waals surface area (Å²) in [5.41, 5.74) is 3.68. The molecule has 1 N–H and O–H groups in total. The molecule has 0 radical (unpaired) electrons. The number of aryl methyl sites for hydroxylation is 3. The summed E-state index contributed by atoms with van der Waals surface area (Å²) in [4.78, 5) is 18.2. The van der Waals surface area contributed by atoms with Gasteiger partial charge < -0.3 is 9.88 Å². The molecule has 0 bridgehead atoms. The van der Waals surface area contributed by atoms with Gasteiger partial charge in [-0.3, -0.25) is 9.48 Å². The van der Waals surface area contributed by atoms with Crippen molar-refractivity contribution in [2.75, 3.05) is 5.32 Å². The zero-order chi connectivity index (χ0) is 18.8. The van der Waals surface area contributed by atoms with Crippen molar-refractivity contribution in [3.05, 3.63) is 53.6 Å². The highest BCUT2D eigenvalue weighted by molar-refractivity contribution is 7.99. The van der Waals surface area contributed by atoms with Crippen molar-refractivity contribution < 1.29 is 4.79 Å². The highest BCUT2D eigenvalue weighted by Crippen LogP contribution is 2.33. The van der Waals surface area contributed by atoms with Crippen LogP contribution in [0.1, 0.15) is 29.8 Å². The third-order valence-electron chi connectivity index (χ3n) is 4.51. The molecule has 1 unspecified atom stereocenters. The van der Waals surface area contributed by atoms with Gasteiger partial charge in [0.25, 0.3) is 0 Å². The third-order valence-corrected chi connectivity index (χ3v) is 5.67. The van der Waals surface area contributed by atoms with Gasteiger partial charge in [-0.25, -0.2) is 4.98 Å². The molecular weight excluding hydrogens is 346 g/mol. The summed E-state index contributed by atoms with van der Waals surface area (Å²) in [7, 11) is 3.85. The topological polar surface area (TPSA) is 64.7 Å². The normalized spacial score (nSPS) is 12.2. The van der Waals surface area contributed by atoms with Gasteiger partial charge >= 0.3 is 0 Å². The fraction of sp³-hybridized carbons (Fsp3) is 0.316. The zero-order valence-electron chi connectivity index (χ0n) is 15.6. The molecule has 0 spiro atoms. The van der Waals surface area contributed by atoms with E-state index in [2.05, 4.69) is 15.4 Å². The first-order valence-electron chi connectivity index (χ1n) is 8.43. The summed E-state index contributed by atoms with van der Waals surface area (Å²) < 4.78 is 3.77. The lowest BCUT2D eigenvalue weighted by atomic mass is 9.98. The van der Waals surface area contributed by atoms with E-state index in [1.807, 2.05) is 74.6 Å². The number of imidazole rings is 1. The number of rotatable bonds is 5. The number of aromatic nitrogens is 4. The zero-order valence-corrected chi connectivity index (χ0v) is 16.5. The molecular formula is C19H23N5OS. The lowest BCUT2D eigenvalue weighted by Gasteiger charge is -2.15. The number of hydrogen-bond acceptors (Lipinski definition) is 4. The molecule has 136 valence electrons. The van der Waals surface area contributed by atoms with Crippen molar-refractivity contribution >= 4 is 23.4 Å². The minimum absolute atomic E-state index is 0.0444. The Bertz CT molecular complexity index is 943. The molecule has 7 heteroatoms. The molecule has 26 heavy (non-hydrogen) atoms. The van der Waals surface area contributed by atoms with E-state index in [1.54, 1.807) is 6.20 Å². The Morgan fingerprint density at radius 2 is 1.96 bits per heavy atom. The van der Waals surface area contributed by atoms with E-state index in [0.29, 0.717) is 0 Å².